The Hall–Kier alpha value is -2.68. The Balaban J connectivity index is 0.00000363. The van der Waals surface area contributed by atoms with Crippen molar-refractivity contribution in [3.8, 4) is 28.7 Å². The van der Waals surface area contributed by atoms with E-state index in [1.165, 1.54) is 21.3 Å². The Labute approximate surface area is 194 Å². The summed E-state index contributed by atoms with van der Waals surface area (Å²) in [5.41, 5.74) is 7.08. The molecule has 9 heteroatoms. The number of benzene rings is 2. The van der Waals surface area contributed by atoms with E-state index in [0.29, 0.717) is 67.2 Å². The van der Waals surface area contributed by atoms with Crippen LogP contribution in [0.15, 0.2) is 30.3 Å². The van der Waals surface area contributed by atoms with Gasteiger partial charge in [0, 0.05) is 25.8 Å². The maximum Gasteiger partial charge on any atom is 0.257 e. The average molecular weight is 467 g/mol. The second kappa shape index (κ2) is 12.4. The van der Waals surface area contributed by atoms with Gasteiger partial charge in [0.05, 0.1) is 33.5 Å². The van der Waals surface area contributed by atoms with Crippen molar-refractivity contribution in [1.29, 1.82) is 0 Å². The van der Waals surface area contributed by atoms with Crippen molar-refractivity contribution in [3.05, 3.63) is 41.5 Å². The molecule has 1 saturated heterocycles. The van der Waals surface area contributed by atoms with Crippen LogP contribution in [-0.2, 0) is 11.2 Å². The van der Waals surface area contributed by atoms with Gasteiger partial charge in [0.25, 0.3) is 5.91 Å². The van der Waals surface area contributed by atoms with Gasteiger partial charge in [-0.15, -0.1) is 12.4 Å². The second-order valence-electron chi connectivity index (χ2n) is 7.06. The summed E-state index contributed by atoms with van der Waals surface area (Å²) in [7, 11) is 4.51. The first-order valence-electron chi connectivity index (χ1n) is 10.3. The Kier molecular flexibility index (Phi) is 9.90. The van der Waals surface area contributed by atoms with Gasteiger partial charge in [0.2, 0.25) is 11.5 Å². The molecule has 0 atom stereocenters. The number of methoxy groups -OCH3 is 3. The van der Waals surface area contributed by atoms with Crippen LogP contribution in [0.25, 0.3) is 0 Å². The number of ether oxygens (including phenoxy) is 5. The van der Waals surface area contributed by atoms with E-state index in [0.717, 1.165) is 18.4 Å². The predicted octanol–water partition coefficient (Wildman–Crippen LogP) is 3.29. The maximum atomic E-state index is 13.3. The second-order valence-corrected chi connectivity index (χ2v) is 7.06. The zero-order valence-corrected chi connectivity index (χ0v) is 19.5. The summed E-state index contributed by atoms with van der Waals surface area (Å²) in [6.07, 6.45) is 1.57. The molecular formula is C23H31ClN2O6. The van der Waals surface area contributed by atoms with Gasteiger partial charge >= 0.3 is 0 Å². The number of nitrogens with two attached hydrogens (primary N) is 1. The highest BCUT2D eigenvalue weighted by Gasteiger charge is 2.29. The fourth-order valence-electron chi connectivity index (χ4n) is 3.55. The molecule has 2 N–H and O–H groups in total. The Morgan fingerprint density at radius 1 is 1.00 bits per heavy atom. The van der Waals surface area contributed by atoms with E-state index in [1.54, 1.807) is 11.0 Å². The first-order valence-corrected chi connectivity index (χ1v) is 10.3. The Morgan fingerprint density at radius 2 is 1.69 bits per heavy atom. The third-order valence-corrected chi connectivity index (χ3v) is 5.09. The van der Waals surface area contributed by atoms with Gasteiger partial charge in [0.1, 0.15) is 5.75 Å². The molecule has 1 amide bonds. The smallest absolute Gasteiger partial charge is 0.257 e. The van der Waals surface area contributed by atoms with E-state index in [-0.39, 0.29) is 18.3 Å². The van der Waals surface area contributed by atoms with E-state index in [9.17, 15) is 4.79 Å². The first-order chi connectivity index (χ1) is 15.1. The zero-order chi connectivity index (χ0) is 22.2. The highest BCUT2D eigenvalue weighted by atomic mass is 35.5. The highest BCUT2D eigenvalue weighted by Crippen LogP contribution is 2.48. The molecule has 0 aromatic heterocycles. The van der Waals surface area contributed by atoms with Gasteiger partial charge in [-0.3, -0.25) is 4.79 Å². The van der Waals surface area contributed by atoms with Crippen molar-refractivity contribution in [3.63, 3.8) is 0 Å². The van der Waals surface area contributed by atoms with Crippen LogP contribution in [0.5, 0.6) is 28.7 Å². The lowest BCUT2D eigenvalue weighted by Gasteiger charge is -2.23. The molecule has 32 heavy (non-hydrogen) atoms. The summed E-state index contributed by atoms with van der Waals surface area (Å²) < 4.78 is 28.2. The fraction of sp³-hybridized carbons (Fsp3) is 0.435. The van der Waals surface area contributed by atoms with Crippen LogP contribution in [0.3, 0.4) is 0 Å². The van der Waals surface area contributed by atoms with Crippen molar-refractivity contribution in [2.75, 3.05) is 54.2 Å². The number of hydrogen-bond acceptors (Lipinski definition) is 7. The number of rotatable bonds is 8. The molecule has 8 nitrogen and oxygen atoms in total. The highest BCUT2D eigenvalue weighted by molar-refractivity contribution is 5.99. The van der Waals surface area contributed by atoms with Gasteiger partial charge in [-0.25, -0.2) is 0 Å². The molecule has 1 aliphatic rings. The van der Waals surface area contributed by atoms with Gasteiger partial charge in [-0.05, 0) is 37.1 Å². The van der Waals surface area contributed by atoms with Gasteiger partial charge in [-0.2, -0.15) is 0 Å². The summed E-state index contributed by atoms with van der Waals surface area (Å²) in [5.74, 6) is 1.75. The maximum absolute atomic E-state index is 13.3. The van der Waals surface area contributed by atoms with Gasteiger partial charge in [-0.1, -0.05) is 12.1 Å². The summed E-state index contributed by atoms with van der Waals surface area (Å²) in [6, 6.07) is 9.27. The number of hydrogen-bond donors (Lipinski definition) is 1. The SMILES string of the molecule is COc1c(Oc2ccc(CCN)cc2)cc(C(=O)N2CCCOCC2)c(OC)c1OC.Cl. The van der Waals surface area contributed by atoms with E-state index in [1.807, 2.05) is 24.3 Å². The number of nitrogens with zero attached hydrogens (tertiary/aromatic N) is 1. The van der Waals surface area contributed by atoms with Crippen LogP contribution >= 0.6 is 12.4 Å². The number of halogens is 1. The lowest BCUT2D eigenvalue weighted by atomic mass is 10.1. The van der Waals surface area contributed by atoms with Crippen LogP contribution in [-0.4, -0.2) is 65.0 Å². The van der Waals surface area contributed by atoms with Crippen molar-refractivity contribution in [2.45, 2.75) is 12.8 Å². The molecule has 0 radical (unpaired) electrons. The van der Waals surface area contributed by atoms with Crippen molar-refractivity contribution >= 4 is 18.3 Å². The molecule has 2 aromatic rings. The normalized spacial score (nSPS) is 13.6. The van der Waals surface area contributed by atoms with E-state index in [4.69, 9.17) is 29.4 Å². The lowest BCUT2D eigenvalue weighted by Crippen LogP contribution is -2.33. The standard InChI is InChI=1S/C23H30N2O6.ClH/c1-27-20-18(23(26)25-11-4-13-30-14-12-25)15-19(21(28-2)22(20)29-3)31-17-7-5-16(6-8-17)9-10-24;/h5-8,15H,4,9-14,24H2,1-3H3;1H. The Bertz CT molecular complexity index is 883. The van der Waals surface area contributed by atoms with Gasteiger partial charge < -0.3 is 34.3 Å². The summed E-state index contributed by atoms with van der Waals surface area (Å²) in [6.45, 7) is 2.84. The summed E-state index contributed by atoms with van der Waals surface area (Å²) in [4.78, 5) is 15.1. The minimum Gasteiger partial charge on any atom is -0.492 e. The zero-order valence-electron chi connectivity index (χ0n) is 18.7. The van der Waals surface area contributed by atoms with Crippen molar-refractivity contribution in [2.24, 2.45) is 5.73 Å². The van der Waals surface area contributed by atoms with Crippen LogP contribution in [0.1, 0.15) is 22.3 Å². The molecule has 0 spiro atoms. The summed E-state index contributed by atoms with van der Waals surface area (Å²) >= 11 is 0. The lowest BCUT2D eigenvalue weighted by molar-refractivity contribution is 0.0736. The molecule has 1 heterocycles. The minimum atomic E-state index is -0.175. The number of amides is 1. The molecule has 0 saturated carbocycles. The molecule has 0 bridgehead atoms. The topological polar surface area (TPSA) is 92.5 Å². The van der Waals surface area contributed by atoms with E-state index < -0.39 is 0 Å². The van der Waals surface area contributed by atoms with E-state index in [2.05, 4.69) is 0 Å². The monoisotopic (exact) mass is 466 g/mol. The first kappa shape index (κ1) is 25.6. The molecule has 176 valence electrons. The molecule has 1 aliphatic heterocycles. The largest absolute Gasteiger partial charge is 0.492 e. The van der Waals surface area contributed by atoms with Crippen molar-refractivity contribution < 1.29 is 28.5 Å². The molecule has 2 aromatic carbocycles. The van der Waals surface area contributed by atoms with Crippen LogP contribution in [0, 0.1) is 0 Å². The third kappa shape index (κ3) is 5.76. The Morgan fingerprint density at radius 3 is 2.31 bits per heavy atom. The molecular weight excluding hydrogens is 436 g/mol. The number of carbonyl (C=O) groups is 1. The van der Waals surface area contributed by atoms with Crippen molar-refractivity contribution in [1.82, 2.24) is 4.90 Å². The number of carbonyl (C=O) groups excluding carboxylic acids is 1. The predicted molar refractivity (Wildman–Crippen MR) is 124 cm³/mol. The average Bonchev–Trinajstić information content (AvgIpc) is 3.08. The van der Waals surface area contributed by atoms with Crippen LogP contribution < -0.4 is 24.7 Å². The van der Waals surface area contributed by atoms with Crippen LogP contribution in [0.2, 0.25) is 0 Å². The fourth-order valence-corrected chi connectivity index (χ4v) is 3.55. The van der Waals surface area contributed by atoms with Crippen LogP contribution in [0.4, 0.5) is 0 Å². The minimum absolute atomic E-state index is 0. The van der Waals surface area contributed by atoms with E-state index >= 15 is 0 Å². The molecule has 0 unspecified atom stereocenters. The van der Waals surface area contributed by atoms with Gasteiger partial charge in [0.15, 0.2) is 11.5 Å². The molecule has 3 rings (SSSR count). The quantitative estimate of drug-likeness (QED) is 0.638. The molecule has 0 aliphatic carbocycles. The summed E-state index contributed by atoms with van der Waals surface area (Å²) in [5, 5.41) is 0. The molecule has 1 fully saturated rings. The third-order valence-electron chi connectivity index (χ3n) is 5.09.